The molecular weight excluding hydrogens is 166 g/mol. The zero-order valence-corrected chi connectivity index (χ0v) is 8.29. The summed E-state index contributed by atoms with van der Waals surface area (Å²) in [5.41, 5.74) is 0. The molecule has 2 fully saturated rings. The third-order valence-corrected chi connectivity index (χ3v) is 3.05. The highest BCUT2D eigenvalue weighted by molar-refractivity contribution is 4.82. The van der Waals surface area contributed by atoms with Crippen molar-refractivity contribution in [3.63, 3.8) is 0 Å². The van der Waals surface area contributed by atoms with Gasteiger partial charge in [-0.3, -0.25) is 0 Å². The number of nitrogens with one attached hydrogen (secondary N) is 1. The van der Waals surface area contributed by atoms with Crippen LogP contribution in [0.3, 0.4) is 0 Å². The van der Waals surface area contributed by atoms with E-state index in [1.54, 1.807) is 0 Å². The molecule has 0 bridgehead atoms. The molecule has 3 heteroatoms. The van der Waals surface area contributed by atoms with Crippen LogP contribution >= 0.6 is 0 Å². The molecule has 1 N–H and O–H groups in total. The van der Waals surface area contributed by atoms with Crippen molar-refractivity contribution in [1.29, 1.82) is 0 Å². The fraction of sp³-hybridized carbons (Fsp3) is 1.00. The smallest absolute Gasteiger partial charge is 0.105 e. The van der Waals surface area contributed by atoms with E-state index in [9.17, 15) is 0 Å². The number of hydrogen-bond acceptors (Lipinski definition) is 3. The molecule has 3 nitrogen and oxygen atoms in total. The first-order chi connectivity index (χ1) is 6.40. The summed E-state index contributed by atoms with van der Waals surface area (Å²) < 4.78 is 11.0. The third kappa shape index (κ3) is 2.22. The van der Waals surface area contributed by atoms with Crippen LogP contribution in [0.1, 0.15) is 25.7 Å². The summed E-state index contributed by atoms with van der Waals surface area (Å²) in [7, 11) is 2.03. The minimum absolute atomic E-state index is 0.374. The summed E-state index contributed by atoms with van der Waals surface area (Å²) in [6, 6.07) is 0.564. The van der Waals surface area contributed by atoms with Crippen LogP contribution in [0.2, 0.25) is 0 Å². The van der Waals surface area contributed by atoms with Gasteiger partial charge in [0.15, 0.2) is 0 Å². The first-order valence-corrected chi connectivity index (χ1v) is 5.30. The Labute approximate surface area is 79.8 Å². The number of hydrogen-bond donors (Lipinski definition) is 1. The van der Waals surface area contributed by atoms with Crippen LogP contribution < -0.4 is 5.32 Å². The van der Waals surface area contributed by atoms with E-state index in [0.29, 0.717) is 18.2 Å². The molecule has 0 amide bonds. The largest absolute Gasteiger partial charge is 0.376 e. The van der Waals surface area contributed by atoms with Gasteiger partial charge in [-0.2, -0.15) is 0 Å². The normalized spacial score (nSPS) is 35.8. The Morgan fingerprint density at radius 1 is 1.23 bits per heavy atom. The number of rotatable bonds is 3. The van der Waals surface area contributed by atoms with Gasteiger partial charge in [-0.25, -0.2) is 0 Å². The zero-order valence-electron chi connectivity index (χ0n) is 8.29. The maximum absolute atomic E-state index is 5.94. The molecule has 1 saturated carbocycles. The fourth-order valence-corrected chi connectivity index (χ4v) is 2.13. The highest BCUT2D eigenvalue weighted by atomic mass is 16.6. The van der Waals surface area contributed by atoms with E-state index in [2.05, 4.69) is 5.32 Å². The van der Waals surface area contributed by atoms with Crippen molar-refractivity contribution in [3.05, 3.63) is 0 Å². The second-order valence-electron chi connectivity index (χ2n) is 4.01. The summed E-state index contributed by atoms with van der Waals surface area (Å²) in [4.78, 5) is 0. The Morgan fingerprint density at radius 3 is 2.62 bits per heavy atom. The van der Waals surface area contributed by atoms with Gasteiger partial charge in [0.05, 0.1) is 19.3 Å². The first kappa shape index (κ1) is 9.44. The molecular formula is C10H19NO2. The van der Waals surface area contributed by atoms with Gasteiger partial charge in [0, 0.05) is 6.04 Å². The summed E-state index contributed by atoms with van der Waals surface area (Å²) in [6.45, 7) is 1.60. The molecule has 0 aromatic heterocycles. The van der Waals surface area contributed by atoms with Crippen molar-refractivity contribution in [2.24, 2.45) is 0 Å². The third-order valence-electron chi connectivity index (χ3n) is 3.05. The molecule has 76 valence electrons. The maximum Gasteiger partial charge on any atom is 0.105 e. The van der Waals surface area contributed by atoms with E-state index in [1.807, 2.05) is 7.05 Å². The van der Waals surface area contributed by atoms with Crippen molar-refractivity contribution in [2.75, 3.05) is 20.3 Å². The number of ether oxygens (including phenoxy) is 2. The van der Waals surface area contributed by atoms with Crippen molar-refractivity contribution in [2.45, 2.75) is 43.9 Å². The molecule has 2 aliphatic rings. The number of likely N-dealkylation sites (N-methyl/N-ethyl adjacent to an activating group) is 1. The average Bonchev–Trinajstić information content (AvgIpc) is 2.12. The van der Waals surface area contributed by atoms with Crippen LogP contribution in [0.15, 0.2) is 0 Å². The van der Waals surface area contributed by atoms with E-state index < -0.39 is 0 Å². The lowest BCUT2D eigenvalue weighted by atomic mass is 9.92. The van der Waals surface area contributed by atoms with Gasteiger partial charge >= 0.3 is 0 Å². The molecule has 13 heavy (non-hydrogen) atoms. The van der Waals surface area contributed by atoms with Crippen molar-refractivity contribution < 1.29 is 9.47 Å². The predicted molar refractivity (Wildman–Crippen MR) is 50.8 cm³/mol. The van der Waals surface area contributed by atoms with Crippen molar-refractivity contribution in [1.82, 2.24) is 5.32 Å². The highest BCUT2D eigenvalue weighted by Crippen LogP contribution is 2.23. The highest BCUT2D eigenvalue weighted by Gasteiger charge is 2.29. The Morgan fingerprint density at radius 2 is 2.00 bits per heavy atom. The van der Waals surface area contributed by atoms with Crippen LogP contribution in [0.4, 0.5) is 0 Å². The molecule has 0 aromatic carbocycles. The van der Waals surface area contributed by atoms with Gasteiger partial charge < -0.3 is 14.8 Å². The second-order valence-corrected chi connectivity index (χ2v) is 4.01. The van der Waals surface area contributed by atoms with Crippen molar-refractivity contribution in [3.8, 4) is 0 Å². The average molecular weight is 185 g/mol. The summed E-state index contributed by atoms with van der Waals surface area (Å²) in [6.07, 6.45) is 5.92. The molecule has 1 saturated heterocycles. The van der Waals surface area contributed by atoms with Crippen LogP contribution in [0.25, 0.3) is 0 Å². The van der Waals surface area contributed by atoms with Gasteiger partial charge in [0.1, 0.15) is 6.10 Å². The lowest BCUT2D eigenvalue weighted by Crippen LogP contribution is -2.47. The Hall–Kier alpha value is -0.120. The SMILES string of the molecule is CNC1CCCCC1OC1COC1. The molecule has 0 aromatic rings. The quantitative estimate of drug-likeness (QED) is 0.709. The van der Waals surface area contributed by atoms with E-state index >= 15 is 0 Å². The van der Waals surface area contributed by atoms with E-state index in [-0.39, 0.29) is 0 Å². The maximum atomic E-state index is 5.94. The topological polar surface area (TPSA) is 30.5 Å². The molecule has 0 radical (unpaired) electrons. The molecule has 0 spiro atoms. The molecule has 2 atom stereocenters. The predicted octanol–water partition coefficient (Wildman–Crippen LogP) is 0.932. The second kappa shape index (κ2) is 4.40. The molecule has 1 aliphatic carbocycles. The molecule has 2 rings (SSSR count). The van der Waals surface area contributed by atoms with E-state index in [1.165, 1.54) is 25.7 Å². The summed E-state index contributed by atoms with van der Waals surface area (Å²) in [5.74, 6) is 0. The molecule has 1 heterocycles. The molecule has 2 unspecified atom stereocenters. The Bertz CT molecular complexity index is 159. The molecule has 1 aliphatic heterocycles. The zero-order chi connectivity index (χ0) is 9.10. The van der Waals surface area contributed by atoms with Crippen LogP contribution in [-0.4, -0.2) is 38.5 Å². The minimum Gasteiger partial charge on any atom is -0.376 e. The van der Waals surface area contributed by atoms with Crippen LogP contribution in [0, 0.1) is 0 Å². The van der Waals surface area contributed by atoms with Crippen LogP contribution in [0.5, 0.6) is 0 Å². The van der Waals surface area contributed by atoms with Gasteiger partial charge in [-0.1, -0.05) is 12.8 Å². The monoisotopic (exact) mass is 185 g/mol. The summed E-state index contributed by atoms with van der Waals surface area (Å²) in [5, 5.41) is 3.34. The van der Waals surface area contributed by atoms with Gasteiger partial charge in [0.25, 0.3) is 0 Å². The fourth-order valence-electron chi connectivity index (χ4n) is 2.13. The van der Waals surface area contributed by atoms with Gasteiger partial charge in [0.2, 0.25) is 0 Å². The van der Waals surface area contributed by atoms with E-state index in [4.69, 9.17) is 9.47 Å². The van der Waals surface area contributed by atoms with Crippen molar-refractivity contribution >= 4 is 0 Å². The Kier molecular flexibility index (Phi) is 3.19. The van der Waals surface area contributed by atoms with E-state index in [0.717, 1.165) is 13.2 Å². The summed E-state index contributed by atoms with van der Waals surface area (Å²) >= 11 is 0. The lowest BCUT2D eigenvalue weighted by Gasteiger charge is -2.36. The van der Waals surface area contributed by atoms with Gasteiger partial charge in [-0.05, 0) is 19.9 Å². The minimum atomic E-state index is 0.374. The van der Waals surface area contributed by atoms with Crippen LogP contribution in [-0.2, 0) is 9.47 Å². The first-order valence-electron chi connectivity index (χ1n) is 5.30. The standard InChI is InChI=1S/C10H19NO2/c1-11-9-4-2-3-5-10(9)13-8-6-12-7-8/h8-11H,2-7H2,1H3. The Balaban J connectivity index is 1.79. The lowest BCUT2D eigenvalue weighted by molar-refractivity contribution is -0.165. The van der Waals surface area contributed by atoms with Gasteiger partial charge in [-0.15, -0.1) is 0 Å².